The monoisotopic (exact) mass is 388 g/mol. The lowest BCUT2D eigenvalue weighted by Gasteiger charge is -2.24. The number of carbonyl (C=O) groups is 1. The summed E-state index contributed by atoms with van der Waals surface area (Å²) in [7, 11) is 0. The summed E-state index contributed by atoms with van der Waals surface area (Å²) in [6, 6.07) is 15.8. The number of benzene rings is 2. The first-order valence-corrected chi connectivity index (χ1v) is 10.4. The van der Waals surface area contributed by atoms with Crippen molar-refractivity contribution < 1.29 is 9.53 Å². The Kier molecular flexibility index (Phi) is 4.32. The van der Waals surface area contributed by atoms with Crippen molar-refractivity contribution in [2.45, 2.75) is 32.8 Å². The van der Waals surface area contributed by atoms with E-state index in [-0.39, 0.29) is 12.6 Å². The number of aryl methyl sites for hydroxylation is 1. The lowest BCUT2D eigenvalue weighted by atomic mass is 9.84. The van der Waals surface area contributed by atoms with Gasteiger partial charge in [-0.1, -0.05) is 37.3 Å². The lowest BCUT2D eigenvalue weighted by molar-refractivity contribution is 0.0473. The zero-order chi connectivity index (χ0) is 19.1. The minimum absolute atomic E-state index is 0.194. The van der Waals surface area contributed by atoms with Crippen LogP contribution in [0.3, 0.4) is 0 Å². The number of fused-ring (bicyclic) bond motifs is 3. The summed E-state index contributed by atoms with van der Waals surface area (Å²) in [4.78, 5) is 22.5. The van der Waals surface area contributed by atoms with Crippen LogP contribution in [-0.4, -0.2) is 15.9 Å². The number of rotatable bonds is 3. The van der Waals surface area contributed by atoms with Crippen molar-refractivity contribution in [2.75, 3.05) is 0 Å². The molecule has 0 saturated carbocycles. The molecule has 5 heteroatoms. The number of para-hydroxylation sites is 2. The smallest absolute Gasteiger partial charge is 0.339 e. The van der Waals surface area contributed by atoms with Crippen LogP contribution in [0.1, 0.15) is 40.0 Å². The molecule has 2 heterocycles. The SMILES string of the molecule is CC1CCc2nc3ccccc3c(C(=O)OCc3nc4ccccc4s3)c2C1. The molecule has 4 nitrogen and oxygen atoms in total. The minimum atomic E-state index is -0.275. The molecule has 140 valence electrons. The summed E-state index contributed by atoms with van der Waals surface area (Å²) in [6.45, 7) is 2.42. The second-order valence-corrected chi connectivity index (χ2v) is 8.54. The van der Waals surface area contributed by atoms with E-state index in [2.05, 4.69) is 11.9 Å². The first-order valence-electron chi connectivity index (χ1n) is 9.61. The van der Waals surface area contributed by atoms with Crippen LogP contribution >= 0.6 is 11.3 Å². The molecule has 28 heavy (non-hydrogen) atoms. The molecule has 0 amide bonds. The molecule has 1 aliphatic rings. The van der Waals surface area contributed by atoms with Gasteiger partial charge < -0.3 is 4.74 Å². The highest BCUT2D eigenvalue weighted by molar-refractivity contribution is 7.18. The predicted octanol–water partition coefficient (Wildman–Crippen LogP) is 5.33. The standard InChI is InChI=1S/C23H20N2O2S/c1-14-10-11-18-16(12-14)22(15-6-2-3-7-17(15)24-18)23(26)27-13-21-25-19-8-4-5-9-20(19)28-21/h2-9,14H,10-13H2,1H3. The third-order valence-electron chi connectivity index (χ3n) is 5.37. The summed E-state index contributed by atoms with van der Waals surface area (Å²) in [5.74, 6) is 0.273. The molecule has 0 saturated heterocycles. The number of pyridine rings is 1. The Bertz CT molecular complexity index is 1160. The van der Waals surface area contributed by atoms with E-state index in [0.717, 1.165) is 56.6 Å². The second kappa shape index (κ2) is 6.99. The molecule has 0 aliphatic heterocycles. The number of aromatic nitrogens is 2. The lowest BCUT2D eigenvalue weighted by Crippen LogP contribution is -2.19. The molecule has 2 aromatic heterocycles. The first kappa shape index (κ1) is 17.3. The number of thiazole rings is 1. The van der Waals surface area contributed by atoms with Crippen LogP contribution in [0.2, 0.25) is 0 Å². The van der Waals surface area contributed by atoms with Crippen LogP contribution in [-0.2, 0) is 24.2 Å². The summed E-state index contributed by atoms with van der Waals surface area (Å²) in [6.07, 6.45) is 2.90. The van der Waals surface area contributed by atoms with Gasteiger partial charge in [-0.15, -0.1) is 11.3 Å². The van der Waals surface area contributed by atoms with E-state index in [4.69, 9.17) is 9.72 Å². The number of nitrogens with zero attached hydrogens (tertiary/aromatic N) is 2. The number of hydrogen-bond donors (Lipinski definition) is 0. The number of hydrogen-bond acceptors (Lipinski definition) is 5. The van der Waals surface area contributed by atoms with E-state index in [0.29, 0.717) is 11.5 Å². The maximum absolute atomic E-state index is 13.2. The Labute approximate surface area is 167 Å². The fraction of sp³-hybridized carbons (Fsp3) is 0.261. The van der Waals surface area contributed by atoms with Gasteiger partial charge in [-0.05, 0) is 48.9 Å². The molecule has 1 aliphatic carbocycles. The van der Waals surface area contributed by atoms with E-state index in [1.807, 2.05) is 48.5 Å². The van der Waals surface area contributed by atoms with E-state index >= 15 is 0 Å². The Hall–Kier alpha value is -2.79. The normalized spacial score (nSPS) is 16.2. The fourth-order valence-corrected chi connectivity index (χ4v) is 4.86. The van der Waals surface area contributed by atoms with Crippen LogP contribution in [0.15, 0.2) is 48.5 Å². The van der Waals surface area contributed by atoms with Gasteiger partial charge in [0.05, 0.1) is 21.3 Å². The third kappa shape index (κ3) is 3.06. The van der Waals surface area contributed by atoms with E-state index < -0.39 is 0 Å². The molecule has 0 spiro atoms. The maximum Gasteiger partial charge on any atom is 0.339 e. The third-order valence-corrected chi connectivity index (χ3v) is 6.38. The van der Waals surface area contributed by atoms with Crippen LogP contribution in [0.5, 0.6) is 0 Å². The molecule has 0 bridgehead atoms. The highest BCUT2D eigenvalue weighted by Gasteiger charge is 2.26. The number of carbonyl (C=O) groups excluding carboxylic acids is 1. The van der Waals surface area contributed by atoms with E-state index in [1.54, 1.807) is 11.3 Å². The second-order valence-electron chi connectivity index (χ2n) is 7.43. The Balaban J connectivity index is 1.50. The van der Waals surface area contributed by atoms with E-state index in [9.17, 15) is 4.79 Å². The first-order chi connectivity index (χ1) is 13.7. The van der Waals surface area contributed by atoms with Crippen LogP contribution in [0.25, 0.3) is 21.1 Å². The van der Waals surface area contributed by atoms with Crippen molar-refractivity contribution in [3.05, 3.63) is 70.4 Å². The molecule has 0 fully saturated rings. The van der Waals surface area contributed by atoms with Crippen molar-refractivity contribution in [1.29, 1.82) is 0 Å². The van der Waals surface area contributed by atoms with Gasteiger partial charge in [0, 0.05) is 11.1 Å². The molecule has 0 radical (unpaired) electrons. The molecule has 2 aromatic carbocycles. The topological polar surface area (TPSA) is 52.1 Å². The molecule has 1 atom stereocenters. The van der Waals surface area contributed by atoms with Gasteiger partial charge in [0.25, 0.3) is 0 Å². The van der Waals surface area contributed by atoms with Crippen molar-refractivity contribution in [2.24, 2.45) is 5.92 Å². The number of ether oxygens (including phenoxy) is 1. The van der Waals surface area contributed by atoms with Crippen molar-refractivity contribution >= 4 is 38.4 Å². The number of esters is 1. The molecule has 4 aromatic rings. The van der Waals surface area contributed by atoms with Gasteiger partial charge in [0.1, 0.15) is 11.6 Å². The Morgan fingerprint density at radius 2 is 1.89 bits per heavy atom. The van der Waals surface area contributed by atoms with Crippen LogP contribution in [0.4, 0.5) is 0 Å². The highest BCUT2D eigenvalue weighted by atomic mass is 32.1. The fourth-order valence-electron chi connectivity index (χ4n) is 3.98. The molecule has 5 rings (SSSR count). The molecule has 0 N–H and O–H groups in total. The summed E-state index contributed by atoms with van der Waals surface area (Å²) >= 11 is 1.57. The zero-order valence-corrected chi connectivity index (χ0v) is 16.5. The quantitative estimate of drug-likeness (QED) is 0.445. The van der Waals surface area contributed by atoms with Crippen molar-refractivity contribution in [3.8, 4) is 0 Å². The van der Waals surface area contributed by atoms with Crippen molar-refractivity contribution in [1.82, 2.24) is 9.97 Å². The maximum atomic E-state index is 13.2. The predicted molar refractivity (Wildman–Crippen MR) is 112 cm³/mol. The average molecular weight is 388 g/mol. The van der Waals surface area contributed by atoms with Gasteiger partial charge in [0.2, 0.25) is 0 Å². The van der Waals surface area contributed by atoms with E-state index in [1.165, 1.54) is 0 Å². The summed E-state index contributed by atoms with van der Waals surface area (Å²) in [5, 5.41) is 1.69. The van der Waals surface area contributed by atoms with Gasteiger partial charge in [-0.3, -0.25) is 4.98 Å². The van der Waals surface area contributed by atoms with Crippen molar-refractivity contribution in [3.63, 3.8) is 0 Å². The van der Waals surface area contributed by atoms with Crippen LogP contribution < -0.4 is 0 Å². The molecular formula is C23H20N2O2S. The van der Waals surface area contributed by atoms with Gasteiger partial charge in [0.15, 0.2) is 0 Å². The summed E-state index contributed by atoms with van der Waals surface area (Å²) < 4.78 is 6.84. The zero-order valence-electron chi connectivity index (χ0n) is 15.6. The molecular weight excluding hydrogens is 368 g/mol. The van der Waals surface area contributed by atoms with Crippen LogP contribution in [0, 0.1) is 5.92 Å². The van der Waals surface area contributed by atoms with Gasteiger partial charge in [-0.25, -0.2) is 9.78 Å². The molecule has 1 unspecified atom stereocenters. The van der Waals surface area contributed by atoms with Gasteiger partial charge >= 0.3 is 5.97 Å². The Morgan fingerprint density at radius 3 is 2.75 bits per heavy atom. The summed E-state index contributed by atoms with van der Waals surface area (Å²) in [5.41, 5.74) is 4.60. The minimum Gasteiger partial charge on any atom is -0.455 e. The van der Waals surface area contributed by atoms with Gasteiger partial charge in [-0.2, -0.15) is 0 Å². The largest absolute Gasteiger partial charge is 0.455 e. The highest BCUT2D eigenvalue weighted by Crippen LogP contribution is 2.32. The average Bonchev–Trinajstić information content (AvgIpc) is 3.13. The Morgan fingerprint density at radius 1 is 1.11 bits per heavy atom.